The summed E-state index contributed by atoms with van der Waals surface area (Å²) >= 11 is 0. The third-order valence-corrected chi connectivity index (χ3v) is 3.85. The summed E-state index contributed by atoms with van der Waals surface area (Å²) in [6.45, 7) is 5.78. The molecule has 0 amide bonds. The first kappa shape index (κ1) is 16.6. The predicted molar refractivity (Wildman–Crippen MR) is 89.9 cm³/mol. The fourth-order valence-electron chi connectivity index (χ4n) is 2.47. The van der Waals surface area contributed by atoms with E-state index in [-0.39, 0.29) is 0 Å². The summed E-state index contributed by atoms with van der Waals surface area (Å²) in [6, 6.07) is 3.92. The van der Waals surface area contributed by atoms with Crippen LogP contribution in [0.3, 0.4) is 0 Å². The van der Waals surface area contributed by atoms with Gasteiger partial charge in [-0.25, -0.2) is 9.98 Å². The van der Waals surface area contributed by atoms with E-state index in [1.807, 2.05) is 18.3 Å². The molecule has 1 aliphatic rings. The quantitative estimate of drug-likeness (QED) is 0.600. The van der Waals surface area contributed by atoms with Crippen LogP contribution in [-0.2, 0) is 6.54 Å². The molecule has 0 saturated heterocycles. The fourth-order valence-corrected chi connectivity index (χ4v) is 2.47. The SMILES string of the molecule is CC(C)CCNC(N)=NCc1ccc(OC2CCCC2)nc1. The Morgan fingerprint density at radius 2 is 2.18 bits per heavy atom. The molecule has 0 unspecified atom stereocenters. The summed E-state index contributed by atoms with van der Waals surface area (Å²) in [5.41, 5.74) is 6.87. The Morgan fingerprint density at radius 3 is 2.82 bits per heavy atom. The van der Waals surface area contributed by atoms with E-state index < -0.39 is 0 Å². The van der Waals surface area contributed by atoms with Crippen molar-refractivity contribution in [3.05, 3.63) is 23.9 Å². The lowest BCUT2D eigenvalue weighted by atomic mass is 10.1. The van der Waals surface area contributed by atoms with Crippen LogP contribution in [0.15, 0.2) is 23.3 Å². The molecule has 1 aliphatic carbocycles. The number of nitrogens with zero attached hydrogens (tertiary/aromatic N) is 2. The Kier molecular flexibility index (Phi) is 6.49. The molecule has 5 nitrogen and oxygen atoms in total. The Bertz CT molecular complexity index is 464. The van der Waals surface area contributed by atoms with E-state index in [2.05, 4.69) is 29.1 Å². The van der Waals surface area contributed by atoms with E-state index in [0.717, 1.165) is 31.4 Å². The average molecular weight is 304 g/mol. The number of ether oxygens (including phenoxy) is 1. The number of aliphatic imine (C=N–C) groups is 1. The lowest BCUT2D eigenvalue weighted by Gasteiger charge is -2.11. The number of aromatic nitrogens is 1. The van der Waals surface area contributed by atoms with Crippen LogP contribution < -0.4 is 15.8 Å². The van der Waals surface area contributed by atoms with Crippen molar-refractivity contribution in [1.29, 1.82) is 0 Å². The third-order valence-electron chi connectivity index (χ3n) is 3.85. The first-order valence-electron chi connectivity index (χ1n) is 8.29. The van der Waals surface area contributed by atoms with Gasteiger partial charge in [0.15, 0.2) is 5.96 Å². The maximum atomic E-state index is 5.85. The highest BCUT2D eigenvalue weighted by Crippen LogP contribution is 2.22. The minimum absolute atomic E-state index is 0.345. The van der Waals surface area contributed by atoms with Gasteiger partial charge in [0, 0.05) is 18.8 Å². The summed E-state index contributed by atoms with van der Waals surface area (Å²) in [5, 5.41) is 3.13. The number of hydrogen-bond donors (Lipinski definition) is 2. The Balaban J connectivity index is 1.75. The van der Waals surface area contributed by atoms with Crippen molar-refractivity contribution in [2.75, 3.05) is 6.54 Å². The van der Waals surface area contributed by atoms with Gasteiger partial charge in [-0.3, -0.25) is 0 Å². The van der Waals surface area contributed by atoms with Crippen LogP contribution in [0.5, 0.6) is 5.88 Å². The van der Waals surface area contributed by atoms with Gasteiger partial charge < -0.3 is 15.8 Å². The summed E-state index contributed by atoms with van der Waals surface area (Å²) in [7, 11) is 0. The number of nitrogens with one attached hydrogen (secondary N) is 1. The van der Waals surface area contributed by atoms with Crippen LogP contribution in [0.2, 0.25) is 0 Å². The number of pyridine rings is 1. The molecule has 1 aromatic rings. The Hall–Kier alpha value is -1.78. The van der Waals surface area contributed by atoms with Gasteiger partial charge in [0.25, 0.3) is 0 Å². The monoisotopic (exact) mass is 304 g/mol. The highest BCUT2D eigenvalue weighted by Gasteiger charge is 2.16. The van der Waals surface area contributed by atoms with Crippen molar-refractivity contribution in [2.24, 2.45) is 16.6 Å². The van der Waals surface area contributed by atoms with Crippen LogP contribution in [0.25, 0.3) is 0 Å². The van der Waals surface area contributed by atoms with Gasteiger partial charge in [-0.05, 0) is 43.6 Å². The molecule has 0 aliphatic heterocycles. The van der Waals surface area contributed by atoms with Crippen LogP contribution in [-0.4, -0.2) is 23.6 Å². The molecule has 1 aromatic heterocycles. The number of guanidine groups is 1. The predicted octanol–water partition coefficient (Wildman–Crippen LogP) is 2.85. The smallest absolute Gasteiger partial charge is 0.213 e. The molecular formula is C17H28N4O. The molecular weight excluding hydrogens is 276 g/mol. The molecule has 5 heteroatoms. The highest BCUT2D eigenvalue weighted by molar-refractivity contribution is 5.77. The van der Waals surface area contributed by atoms with Crippen LogP contribution in [0, 0.1) is 5.92 Å². The molecule has 1 heterocycles. The minimum Gasteiger partial charge on any atom is -0.474 e. The number of nitrogens with two attached hydrogens (primary N) is 1. The topological polar surface area (TPSA) is 72.5 Å². The van der Waals surface area contributed by atoms with Crippen molar-refractivity contribution < 1.29 is 4.74 Å². The molecule has 0 aromatic carbocycles. The van der Waals surface area contributed by atoms with E-state index in [0.29, 0.717) is 30.4 Å². The van der Waals surface area contributed by atoms with Gasteiger partial charge in [0.1, 0.15) is 6.10 Å². The zero-order chi connectivity index (χ0) is 15.8. The van der Waals surface area contributed by atoms with Gasteiger partial charge in [-0.1, -0.05) is 19.9 Å². The van der Waals surface area contributed by atoms with Crippen LogP contribution in [0.1, 0.15) is 51.5 Å². The molecule has 2 rings (SSSR count). The van der Waals surface area contributed by atoms with E-state index in [1.165, 1.54) is 12.8 Å². The van der Waals surface area contributed by atoms with Gasteiger partial charge in [-0.2, -0.15) is 0 Å². The van der Waals surface area contributed by atoms with Crippen molar-refractivity contribution in [2.45, 2.75) is 58.6 Å². The first-order chi connectivity index (χ1) is 10.6. The fraction of sp³-hybridized carbons (Fsp3) is 0.647. The second kappa shape index (κ2) is 8.61. The zero-order valence-corrected chi connectivity index (χ0v) is 13.7. The molecule has 0 spiro atoms. The minimum atomic E-state index is 0.345. The molecule has 1 saturated carbocycles. The third kappa shape index (κ3) is 5.92. The summed E-state index contributed by atoms with van der Waals surface area (Å²) < 4.78 is 5.85. The molecule has 22 heavy (non-hydrogen) atoms. The first-order valence-corrected chi connectivity index (χ1v) is 8.29. The number of rotatable bonds is 7. The van der Waals surface area contributed by atoms with E-state index in [9.17, 15) is 0 Å². The number of hydrogen-bond acceptors (Lipinski definition) is 3. The second-order valence-electron chi connectivity index (χ2n) is 6.34. The van der Waals surface area contributed by atoms with Gasteiger partial charge >= 0.3 is 0 Å². The summed E-state index contributed by atoms with van der Waals surface area (Å²) in [6.07, 6.45) is 8.07. The van der Waals surface area contributed by atoms with E-state index >= 15 is 0 Å². The average Bonchev–Trinajstić information content (AvgIpc) is 2.99. The second-order valence-corrected chi connectivity index (χ2v) is 6.34. The van der Waals surface area contributed by atoms with E-state index in [1.54, 1.807) is 0 Å². The van der Waals surface area contributed by atoms with Crippen molar-refractivity contribution in [3.63, 3.8) is 0 Å². The highest BCUT2D eigenvalue weighted by atomic mass is 16.5. The molecule has 0 radical (unpaired) electrons. The Morgan fingerprint density at radius 1 is 1.41 bits per heavy atom. The van der Waals surface area contributed by atoms with Crippen molar-refractivity contribution in [1.82, 2.24) is 10.3 Å². The van der Waals surface area contributed by atoms with Crippen molar-refractivity contribution in [3.8, 4) is 5.88 Å². The van der Waals surface area contributed by atoms with Crippen LogP contribution >= 0.6 is 0 Å². The standard InChI is InChI=1S/C17H28N4O/c1-13(2)9-10-19-17(18)21-12-14-7-8-16(20-11-14)22-15-5-3-4-6-15/h7-8,11,13,15H,3-6,9-10,12H2,1-2H3,(H3,18,19,21). The van der Waals surface area contributed by atoms with Crippen LogP contribution in [0.4, 0.5) is 0 Å². The maximum Gasteiger partial charge on any atom is 0.213 e. The van der Waals surface area contributed by atoms with Gasteiger partial charge in [-0.15, -0.1) is 0 Å². The molecule has 122 valence electrons. The van der Waals surface area contributed by atoms with Gasteiger partial charge in [0.2, 0.25) is 5.88 Å². The molecule has 3 N–H and O–H groups in total. The van der Waals surface area contributed by atoms with Crippen molar-refractivity contribution >= 4 is 5.96 Å². The summed E-state index contributed by atoms with van der Waals surface area (Å²) in [4.78, 5) is 8.68. The lowest BCUT2D eigenvalue weighted by molar-refractivity contribution is 0.201. The molecule has 0 atom stereocenters. The largest absolute Gasteiger partial charge is 0.474 e. The Labute approximate surface area is 133 Å². The normalized spacial score (nSPS) is 16.2. The lowest BCUT2D eigenvalue weighted by Crippen LogP contribution is -2.32. The molecule has 1 fully saturated rings. The maximum absolute atomic E-state index is 5.85. The van der Waals surface area contributed by atoms with E-state index in [4.69, 9.17) is 10.5 Å². The molecule has 0 bridgehead atoms. The summed E-state index contributed by atoms with van der Waals surface area (Å²) in [5.74, 6) is 1.87. The zero-order valence-electron chi connectivity index (χ0n) is 13.7. The van der Waals surface area contributed by atoms with Gasteiger partial charge in [0.05, 0.1) is 6.54 Å².